The minimum Gasteiger partial charge on any atom is -0.466 e. The molecule has 0 spiro atoms. The molecule has 0 aliphatic rings. The van der Waals surface area contributed by atoms with E-state index in [1.54, 1.807) is 13.0 Å². The fourth-order valence-corrected chi connectivity index (χ4v) is 1.06. The molecule has 3 heteroatoms. The van der Waals surface area contributed by atoms with Crippen molar-refractivity contribution < 1.29 is 14.3 Å². The summed E-state index contributed by atoms with van der Waals surface area (Å²) < 4.78 is 4.44. The molecule has 0 amide bonds. The number of Topliss-reactive ketones (excluding diaryl/α,β-unsaturated/α-hetero) is 1. The van der Waals surface area contributed by atoms with Crippen LogP contribution in [0.5, 0.6) is 0 Å². The smallest absolute Gasteiger partial charge is 0.330 e. The van der Waals surface area contributed by atoms with Gasteiger partial charge in [0.25, 0.3) is 0 Å². The molecule has 0 saturated heterocycles. The Hall–Kier alpha value is -1.12. The topological polar surface area (TPSA) is 43.4 Å². The Kier molecular flexibility index (Phi) is 7.80. The van der Waals surface area contributed by atoms with Gasteiger partial charge in [-0.25, -0.2) is 4.79 Å². The van der Waals surface area contributed by atoms with Crippen LogP contribution in [0, 0.1) is 0 Å². The first-order valence-corrected chi connectivity index (χ1v) is 4.90. The monoisotopic (exact) mass is 198 g/mol. The van der Waals surface area contributed by atoms with Crippen LogP contribution in [-0.4, -0.2) is 18.9 Å². The number of allylic oxidation sites excluding steroid dienone is 1. The Balaban J connectivity index is 3.25. The molecule has 0 N–H and O–H groups in total. The van der Waals surface area contributed by atoms with E-state index < -0.39 is 0 Å². The van der Waals surface area contributed by atoms with Crippen LogP contribution in [0.1, 0.15) is 39.0 Å². The zero-order valence-electron chi connectivity index (χ0n) is 8.91. The van der Waals surface area contributed by atoms with Gasteiger partial charge in [-0.15, -0.1) is 0 Å². The van der Waals surface area contributed by atoms with Crippen molar-refractivity contribution >= 4 is 11.8 Å². The zero-order valence-corrected chi connectivity index (χ0v) is 8.91. The lowest BCUT2D eigenvalue weighted by Crippen LogP contribution is -1.93. The second kappa shape index (κ2) is 8.48. The predicted octanol–water partition coefficient (Wildman–Crippen LogP) is 2.26. The molecule has 0 unspecified atom stereocenters. The highest BCUT2D eigenvalue weighted by molar-refractivity contribution is 5.81. The van der Waals surface area contributed by atoms with Gasteiger partial charge in [-0.05, 0) is 26.2 Å². The fourth-order valence-electron chi connectivity index (χ4n) is 1.06. The Morgan fingerprint density at radius 2 is 1.93 bits per heavy atom. The molecule has 0 aromatic carbocycles. The maximum Gasteiger partial charge on any atom is 0.330 e. The van der Waals surface area contributed by atoms with E-state index in [0.29, 0.717) is 6.42 Å². The molecule has 0 fully saturated rings. The molecule has 0 aliphatic heterocycles. The van der Waals surface area contributed by atoms with Crippen LogP contribution in [0.3, 0.4) is 0 Å². The number of unbranched alkanes of at least 4 members (excludes halogenated alkanes) is 3. The van der Waals surface area contributed by atoms with Crippen LogP contribution in [0.2, 0.25) is 0 Å². The number of hydrogen-bond donors (Lipinski definition) is 0. The van der Waals surface area contributed by atoms with E-state index in [1.807, 2.05) is 0 Å². The summed E-state index contributed by atoms with van der Waals surface area (Å²) in [5.74, 6) is -0.0659. The molecule has 0 aromatic heterocycles. The number of esters is 1. The predicted molar refractivity (Wildman–Crippen MR) is 54.9 cm³/mol. The Morgan fingerprint density at radius 1 is 1.21 bits per heavy atom. The van der Waals surface area contributed by atoms with Crippen molar-refractivity contribution in [2.24, 2.45) is 0 Å². The molecule has 0 atom stereocenters. The van der Waals surface area contributed by atoms with Gasteiger partial charge in [0.1, 0.15) is 5.78 Å². The molecule has 0 bridgehead atoms. The summed E-state index contributed by atoms with van der Waals surface area (Å²) in [5.41, 5.74) is 0. The first-order chi connectivity index (χ1) is 6.66. The van der Waals surface area contributed by atoms with E-state index in [1.165, 1.54) is 13.2 Å². The Labute approximate surface area is 85.1 Å². The summed E-state index contributed by atoms with van der Waals surface area (Å²) in [6.07, 6.45) is 7.77. The average molecular weight is 198 g/mol. The van der Waals surface area contributed by atoms with E-state index >= 15 is 0 Å². The van der Waals surface area contributed by atoms with E-state index in [-0.39, 0.29) is 11.8 Å². The largest absolute Gasteiger partial charge is 0.466 e. The van der Waals surface area contributed by atoms with Crippen LogP contribution >= 0.6 is 0 Å². The Morgan fingerprint density at radius 3 is 2.50 bits per heavy atom. The van der Waals surface area contributed by atoms with Gasteiger partial charge in [0.05, 0.1) is 7.11 Å². The van der Waals surface area contributed by atoms with Gasteiger partial charge >= 0.3 is 5.97 Å². The number of ether oxygens (including phenoxy) is 1. The summed E-state index contributed by atoms with van der Waals surface area (Å²) in [6.45, 7) is 1.61. The number of rotatable bonds is 7. The lowest BCUT2D eigenvalue weighted by molar-refractivity contribution is -0.134. The number of carbonyl (C=O) groups is 2. The van der Waals surface area contributed by atoms with Crippen LogP contribution in [0.25, 0.3) is 0 Å². The molecule has 0 aliphatic carbocycles. The third-order valence-electron chi connectivity index (χ3n) is 1.85. The minimum absolute atomic E-state index is 0.245. The quantitative estimate of drug-likeness (QED) is 0.358. The maximum atomic E-state index is 10.6. The number of ketones is 1. The highest BCUT2D eigenvalue weighted by atomic mass is 16.5. The third-order valence-corrected chi connectivity index (χ3v) is 1.85. The van der Waals surface area contributed by atoms with Crippen molar-refractivity contribution in [1.82, 2.24) is 0 Å². The number of methoxy groups -OCH3 is 1. The summed E-state index contributed by atoms with van der Waals surface area (Å²) in [6, 6.07) is 0. The molecule has 3 nitrogen and oxygen atoms in total. The van der Waals surface area contributed by atoms with Crippen LogP contribution in [-0.2, 0) is 14.3 Å². The lowest BCUT2D eigenvalue weighted by atomic mass is 10.1. The minimum atomic E-state index is -0.311. The molecule has 0 aromatic rings. The third kappa shape index (κ3) is 8.97. The summed E-state index contributed by atoms with van der Waals surface area (Å²) >= 11 is 0. The van der Waals surface area contributed by atoms with Crippen LogP contribution in [0.4, 0.5) is 0 Å². The standard InChI is InChI=1S/C11H18O3/c1-10(12)8-6-4-3-5-7-9-11(13)14-2/h7,9H,3-6,8H2,1-2H3/b9-7+. The van der Waals surface area contributed by atoms with Crippen molar-refractivity contribution in [2.45, 2.75) is 39.0 Å². The fraction of sp³-hybridized carbons (Fsp3) is 0.636. The number of carbonyl (C=O) groups excluding carboxylic acids is 2. The molecule has 14 heavy (non-hydrogen) atoms. The molecular weight excluding hydrogens is 180 g/mol. The molecular formula is C11H18O3. The van der Waals surface area contributed by atoms with Crippen molar-refractivity contribution in [2.75, 3.05) is 7.11 Å². The first kappa shape index (κ1) is 12.9. The van der Waals surface area contributed by atoms with Crippen molar-refractivity contribution in [1.29, 1.82) is 0 Å². The average Bonchev–Trinajstić information content (AvgIpc) is 2.15. The summed E-state index contributed by atoms with van der Waals surface area (Å²) in [7, 11) is 1.36. The molecule has 0 rings (SSSR count). The zero-order chi connectivity index (χ0) is 10.8. The van der Waals surface area contributed by atoms with Crippen LogP contribution < -0.4 is 0 Å². The van der Waals surface area contributed by atoms with Crippen LogP contribution in [0.15, 0.2) is 12.2 Å². The van der Waals surface area contributed by atoms with Gasteiger partial charge in [-0.1, -0.05) is 12.5 Å². The van der Waals surface area contributed by atoms with Gasteiger partial charge in [-0.3, -0.25) is 0 Å². The van der Waals surface area contributed by atoms with E-state index in [2.05, 4.69) is 4.74 Å². The summed E-state index contributed by atoms with van der Waals surface area (Å²) in [5, 5.41) is 0. The first-order valence-electron chi connectivity index (χ1n) is 4.90. The van der Waals surface area contributed by atoms with Gasteiger partial charge in [0.15, 0.2) is 0 Å². The Bertz CT molecular complexity index is 207. The molecule has 0 heterocycles. The van der Waals surface area contributed by atoms with Crippen molar-refractivity contribution in [3.05, 3.63) is 12.2 Å². The van der Waals surface area contributed by atoms with Gasteiger partial charge in [-0.2, -0.15) is 0 Å². The SMILES string of the molecule is COC(=O)/C=C/CCCCCC(C)=O. The highest BCUT2D eigenvalue weighted by Gasteiger charge is 1.93. The number of hydrogen-bond acceptors (Lipinski definition) is 3. The summed E-state index contributed by atoms with van der Waals surface area (Å²) in [4.78, 5) is 21.2. The van der Waals surface area contributed by atoms with Crippen molar-refractivity contribution in [3.63, 3.8) is 0 Å². The molecule has 80 valence electrons. The van der Waals surface area contributed by atoms with Crippen molar-refractivity contribution in [3.8, 4) is 0 Å². The second-order valence-corrected chi connectivity index (χ2v) is 3.23. The van der Waals surface area contributed by atoms with E-state index in [0.717, 1.165) is 25.7 Å². The normalized spacial score (nSPS) is 10.4. The van der Waals surface area contributed by atoms with Gasteiger partial charge in [0, 0.05) is 12.5 Å². The molecule has 0 radical (unpaired) electrons. The second-order valence-electron chi connectivity index (χ2n) is 3.23. The van der Waals surface area contributed by atoms with E-state index in [4.69, 9.17) is 0 Å². The maximum absolute atomic E-state index is 10.6. The highest BCUT2D eigenvalue weighted by Crippen LogP contribution is 2.03. The van der Waals surface area contributed by atoms with Gasteiger partial charge in [0.2, 0.25) is 0 Å². The van der Waals surface area contributed by atoms with Gasteiger partial charge < -0.3 is 9.53 Å². The van der Waals surface area contributed by atoms with E-state index in [9.17, 15) is 9.59 Å². The molecule has 0 saturated carbocycles. The lowest BCUT2D eigenvalue weighted by Gasteiger charge is -1.95.